The molecule has 1 aromatic heterocycles. The summed E-state index contributed by atoms with van der Waals surface area (Å²) in [6.45, 7) is 4.73. The standard InChI is InChI=1S/C28H24ClN3OS/c1-19-7-12-26(20(2)15-19)31-28(33)21(17-30)16-22-18-32(27-6-4-3-5-25(22)27)13-14-34-24-10-8-23(29)9-11-24/h3-12,15-16,18H,13-14H2,1-2H3,(H,31,33)/b21-16-. The first-order valence-electron chi connectivity index (χ1n) is 10.9. The fourth-order valence-electron chi connectivity index (χ4n) is 3.82. The zero-order valence-electron chi connectivity index (χ0n) is 19.0. The summed E-state index contributed by atoms with van der Waals surface area (Å²) in [6.07, 6.45) is 3.68. The molecular weight excluding hydrogens is 462 g/mol. The first-order chi connectivity index (χ1) is 16.4. The van der Waals surface area contributed by atoms with Crippen molar-refractivity contribution in [1.29, 1.82) is 5.26 Å². The summed E-state index contributed by atoms with van der Waals surface area (Å²) >= 11 is 7.73. The van der Waals surface area contributed by atoms with Crippen molar-refractivity contribution in [2.24, 2.45) is 0 Å². The molecule has 4 nitrogen and oxygen atoms in total. The van der Waals surface area contributed by atoms with Crippen molar-refractivity contribution < 1.29 is 4.79 Å². The third-order valence-electron chi connectivity index (χ3n) is 5.53. The van der Waals surface area contributed by atoms with Crippen LogP contribution >= 0.6 is 23.4 Å². The van der Waals surface area contributed by atoms with Crippen molar-refractivity contribution >= 4 is 51.9 Å². The molecule has 170 valence electrons. The number of thioether (sulfide) groups is 1. The van der Waals surface area contributed by atoms with Gasteiger partial charge in [0.15, 0.2) is 0 Å². The minimum absolute atomic E-state index is 0.0680. The van der Waals surface area contributed by atoms with Crippen molar-refractivity contribution in [3.63, 3.8) is 0 Å². The van der Waals surface area contributed by atoms with E-state index in [1.165, 1.54) is 0 Å². The third kappa shape index (κ3) is 5.53. The summed E-state index contributed by atoms with van der Waals surface area (Å²) in [5.74, 6) is 0.464. The first-order valence-corrected chi connectivity index (χ1v) is 12.3. The largest absolute Gasteiger partial charge is 0.346 e. The number of nitriles is 1. The summed E-state index contributed by atoms with van der Waals surface area (Å²) < 4.78 is 2.17. The van der Waals surface area contributed by atoms with Crippen molar-refractivity contribution in [2.45, 2.75) is 25.3 Å². The smallest absolute Gasteiger partial charge is 0.266 e. The number of hydrogen-bond acceptors (Lipinski definition) is 3. The molecule has 0 radical (unpaired) electrons. The number of nitrogens with one attached hydrogen (secondary N) is 1. The van der Waals surface area contributed by atoms with Crippen LogP contribution in [-0.2, 0) is 11.3 Å². The maximum Gasteiger partial charge on any atom is 0.266 e. The van der Waals surface area contributed by atoms with Gasteiger partial charge in [0.25, 0.3) is 5.91 Å². The van der Waals surface area contributed by atoms with Crippen LogP contribution in [0.4, 0.5) is 5.69 Å². The van der Waals surface area contributed by atoms with E-state index in [9.17, 15) is 10.1 Å². The molecule has 1 N–H and O–H groups in total. The second-order valence-electron chi connectivity index (χ2n) is 8.04. The van der Waals surface area contributed by atoms with Crippen LogP contribution < -0.4 is 5.32 Å². The van der Waals surface area contributed by atoms with Gasteiger partial charge in [-0.25, -0.2) is 0 Å². The SMILES string of the molecule is Cc1ccc(NC(=O)/C(C#N)=C\c2cn(CCSc3ccc(Cl)cc3)c3ccccc23)c(C)c1. The van der Waals surface area contributed by atoms with Crippen molar-refractivity contribution in [3.05, 3.63) is 100 Å². The highest BCUT2D eigenvalue weighted by molar-refractivity contribution is 7.99. The summed E-state index contributed by atoms with van der Waals surface area (Å²) in [6, 6.07) is 23.7. The Balaban J connectivity index is 1.55. The van der Waals surface area contributed by atoms with Gasteiger partial charge in [0.05, 0.1) is 0 Å². The normalized spacial score (nSPS) is 11.4. The van der Waals surface area contributed by atoms with E-state index in [2.05, 4.69) is 22.0 Å². The Morgan fingerprint density at radius 2 is 1.88 bits per heavy atom. The zero-order valence-corrected chi connectivity index (χ0v) is 20.6. The molecule has 34 heavy (non-hydrogen) atoms. The minimum atomic E-state index is -0.412. The Hall–Kier alpha value is -3.46. The van der Waals surface area contributed by atoms with Gasteiger partial charge in [-0.05, 0) is 61.9 Å². The number of carbonyl (C=O) groups excluding carboxylic acids is 1. The van der Waals surface area contributed by atoms with Crippen molar-refractivity contribution in [3.8, 4) is 6.07 Å². The molecule has 0 spiro atoms. The number of aromatic nitrogens is 1. The summed E-state index contributed by atoms with van der Waals surface area (Å²) in [5.41, 5.74) is 4.77. The summed E-state index contributed by atoms with van der Waals surface area (Å²) in [4.78, 5) is 14.0. The van der Waals surface area contributed by atoms with Gasteiger partial charge in [0.2, 0.25) is 0 Å². The predicted molar refractivity (Wildman–Crippen MR) is 142 cm³/mol. The Kier molecular flexibility index (Phi) is 7.42. The number of anilines is 1. The monoisotopic (exact) mass is 485 g/mol. The lowest BCUT2D eigenvalue weighted by atomic mass is 10.1. The van der Waals surface area contributed by atoms with Crippen LogP contribution in [-0.4, -0.2) is 16.2 Å². The van der Waals surface area contributed by atoms with Crippen LogP contribution in [0.3, 0.4) is 0 Å². The lowest BCUT2D eigenvalue weighted by Gasteiger charge is -2.08. The molecule has 0 atom stereocenters. The average molecular weight is 486 g/mol. The minimum Gasteiger partial charge on any atom is -0.346 e. The summed E-state index contributed by atoms with van der Waals surface area (Å²) in [5, 5.41) is 14.3. The van der Waals surface area contributed by atoms with E-state index >= 15 is 0 Å². The molecule has 0 fully saturated rings. The van der Waals surface area contributed by atoms with Crippen LogP contribution in [0.1, 0.15) is 16.7 Å². The molecular formula is C28H24ClN3OS. The van der Waals surface area contributed by atoms with E-state index < -0.39 is 5.91 Å². The highest BCUT2D eigenvalue weighted by atomic mass is 35.5. The third-order valence-corrected chi connectivity index (χ3v) is 6.77. The van der Waals surface area contributed by atoms with Gasteiger partial charge in [-0.1, -0.05) is 47.5 Å². The molecule has 0 aliphatic rings. The second kappa shape index (κ2) is 10.6. The van der Waals surface area contributed by atoms with Crippen molar-refractivity contribution in [2.75, 3.05) is 11.1 Å². The highest BCUT2D eigenvalue weighted by Crippen LogP contribution is 2.26. The van der Waals surface area contributed by atoms with Gasteiger partial charge < -0.3 is 9.88 Å². The number of halogens is 1. The van der Waals surface area contributed by atoms with Crippen LogP contribution in [0.5, 0.6) is 0 Å². The quantitative estimate of drug-likeness (QED) is 0.170. The molecule has 4 aromatic rings. The van der Waals surface area contributed by atoms with Gasteiger partial charge in [-0.15, -0.1) is 11.8 Å². The second-order valence-corrected chi connectivity index (χ2v) is 9.64. The first kappa shape index (κ1) is 23.7. The lowest BCUT2D eigenvalue weighted by molar-refractivity contribution is -0.112. The number of benzene rings is 3. The molecule has 1 heterocycles. The molecule has 0 saturated heterocycles. The maximum atomic E-state index is 12.9. The van der Waals surface area contributed by atoms with E-state index in [1.807, 2.05) is 80.7 Å². The lowest BCUT2D eigenvalue weighted by Crippen LogP contribution is -2.14. The molecule has 0 aliphatic heterocycles. The topological polar surface area (TPSA) is 57.8 Å². The Morgan fingerprint density at radius 1 is 1.12 bits per heavy atom. The van der Waals surface area contributed by atoms with Gasteiger partial charge in [0, 0.05) is 50.6 Å². The predicted octanol–water partition coefficient (Wildman–Crippen LogP) is 7.25. The number of hydrogen-bond donors (Lipinski definition) is 1. The highest BCUT2D eigenvalue weighted by Gasteiger charge is 2.14. The average Bonchev–Trinajstić information content (AvgIpc) is 3.18. The van der Waals surface area contributed by atoms with Crippen LogP contribution in [0.2, 0.25) is 5.02 Å². The number of aryl methyl sites for hydroxylation is 3. The van der Waals surface area contributed by atoms with E-state index in [-0.39, 0.29) is 5.57 Å². The van der Waals surface area contributed by atoms with Crippen LogP contribution in [0, 0.1) is 25.2 Å². The number of amides is 1. The molecule has 0 saturated carbocycles. The molecule has 3 aromatic carbocycles. The molecule has 0 aliphatic carbocycles. The van der Waals surface area contributed by atoms with E-state index in [0.29, 0.717) is 5.69 Å². The zero-order chi connectivity index (χ0) is 24.1. The number of carbonyl (C=O) groups is 1. The Bertz CT molecular complexity index is 1410. The van der Waals surface area contributed by atoms with E-state index in [1.54, 1.807) is 17.8 Å². The fraction of sp³-hybridized carbons (Fsp3) is 0.143. The van der Waals surface area contributed by atoms with Crippen LogP contribution in [0.25, 0.3) is 17.0 Å². The number of rotatable bonds is 7. The fourth-order valence-corrected chi connectivity index (χ4v) is 4.79. The molecule has 0 bridgehead atoms. The van der Waals surface area contributed by atoms with E-state index in [4.69, 9.17) is 11.6 Å². The molecule has 6 heteroatoms. The van der Waals surface area contributed by atoms with Gasteiger partial charge in [-0.3, -0.25) is 4.79 Å². The van der Waals surface area contributed by atoms with Crippen molar-refractivity contribution in [1.82, 2.24) is 4.57 Å². The Labute approximate surface area is 208 Å². The van der Waals surface area contributed by atoms with E-state index in [0.717, 1.165) is 49.8 Å². The Morgan fingerprint density at radius 3 is 2.62 bits per heavy atom. The molecule has 4 rings (SSSR count). The number of fused-ring (bicyclic) bond motifs is 1. The molecule has 1 amide bonds. The van der Waals surface area contributed by atoms with Crippen LogP contribution in [0.15, 0.2) is 83.4 Å². The number of nitrogens with zero attached hydrogens (tertiary/aromatic N) is 2. The molecule has 0 unspecified atom stereocenters. The summed E-state index contributed by atoms with van der Waals surface area (Å²) in [7, 11) is 0. The van der Waals surface area contributed by atoms with Gasteiger partial charge in [0.1, 0.15) is 11.6 Å². The van der Waals surface area contributed by atoms with Gasteiger partial charge in [-0.2, -0.15) is 5.26 Å². The van der Waals surface area contributed by atoms with Gasteiger partial charge >= 0.3 is 0 Å². The maximum absolute atomic E-state index is 12.9. The number of para-hydroxylation sites is 1.